The average molecular weight is 328 g/mol. The van der Waals surface area contributed by atoms with Gasteiger partial charge in [-0.15, -0.1) is 0 Å². The highest BCUT2D eigenvalue weighted by atomic mass is 79.9. The van der Waals surface area contributed by atoms with Crippen LogP contribution in [0.3, 0.4) is 0 Å². The van der Waals surface area contributed by atoms with Crippen molar-refractivity contribution in [1.29, 1.82) is 0 Å². The zero-order chi connectivity index (χ0) is 13.9. The zero-order valence-corrected chi connectivity index (χ0v) is 12.0. The molecule has 2 aromatic rings. The summed E-state index contributed by atoms with van der Waals surface area (Å²) in [5, 5.41) is 2.76. The lowest BCUT2D eigenvalue weighted by atomic mass is 10.2. The van der Waals surface area contributed by atoms with Gasteiger partial charge in [0.2, 0.25) is 0 Å². The lowest BCUT2D eigenvalue weighted by Gasteiger charge is -1.98. The fraction of sp³-hybridized carbons (Fsp3) is 0. The van der Waals surface area contributed by atoms with Crippen LogP contribution >= 0.6 is 15.9 Å². The van der Waals surface area contributed by atoms with Crippen LogP contribution in [-0.4, -0.2) is 16.7 Å². The van der Waals surface area contributed by atoms with Crippen molar-refractivity contribution < 1.29 is 4.79 Å². The number of amides is 1. The van der Waals surface area contributed by atoms with Crippen LogP contribution in [-0.2, 0) is 4.79 Å². The predicted molar refractivity (Wildman–Crippen MR) is 81.0 cm³/mol. The molecule has 0 saturated carbocycles. The highest BCUT2D eigenvalue weighted by Crippen LogP contribution is 2.21. The van der Waals surface area contributed by atoms with Gasteiger partial charge in [0.15, 0.2) is 0 Å². The van der Waals surface area contributed by atoms with Crippen molar-refractivity contribution in [3.8, 4) is 0 Å². The first-order valence-electron chi connectivity index (χ1n) is 6.01. The van der Waals surface area contributed by atoms with E-state index in [1.807, 2.05) is 24.3 Å². The van der Waals surface area contributed by atoms with E-state index >= 15 is 0 Å². The molecule has 1 aliphatic rings. The average Bonchev–Trinajstić information content (AvgIpc) is 2.84. The minimum Gasteiger partial charge on any atom is -0.305 e. The van der Waals surface area contributed by atoms with Crippen LogP contribution in [0.1, 0.15) is 11.1 Å². The number of rotatable bonds is 2. The number of aliphatic imine (C=N–C) groups is 1. The number of hydrogen-bond acceptors (Lipinski definition) is 3. The van der Waals surface area contributed by atoms with Crippen molar-refractivity contribution in [3.63, 3.8) is 0 Å². The second-order valence-corrected chi connectivity index (χ2v) is 5.06. The Kier molecular flexibility index (Phi) is 3.43. The Labute approximate surface area is 124 Å². The van der Waals surface area contributed by atoms with Gasteiger partial charge in [-0.1, -0.05) is 34.1 Å². The minimum atomic E-state index is -0.201. The second kappa shape index (κ2) is 5.38. The molecule has 3 rings (SSSR count). The van der Waals surface area contributed by atoms with Gasteiger partial charge >= 0.3 is 0 Å². The first kappa shape index (κ1) is 12.7. The maximum atomic E-state index is 11.9. The summed E-state index contributed by atoms with van der Waals surface area (Å²) in [7, 11) is 0. The minimum absolute atomic E-state index is 0.201. The van der Waals surface area contributed by atoms with E-state index in [0.717, 1.165) is 15.6 Å². The van der Waals surface area contributed by atoms with Gasteiger partial charge < -0.3 is 5.32 Å². The molecule has 0 atom stereocenters. The maximum Gasteiger partial charge on any atom is 0.275 e. The number of pyridine rings is 1. The van der Waals surface area contributed by atoms with E-state index in [9.17, 15) is 4.79 Å². The molecule has 5 heteroatoms. The van der Waals surface area contributed by atoms with Crippen molar-refractivity contribution in [3.05, 3.63) is 70.1 Å². The molecule has 0 bridgehead atoms. The molecule has 1 aromatic carbocycles. The fourth-order valence-corrected chi connectivity index (χ4v) is 2.25. The molecule has 4 nitrogen and oxygen atoms in total. The second-order valence-electron chi connectivity index (χ2n) is 4.20. The summed E-state index contributed by atoms with van der Waals surface area (Å²) < 4.78 is 0.924. The molecule has 0 unspecified atom stereocenters. The highest BCUT2D eigenvalue weighted by molar-refractivity contribution is 9.10. The molecule has 1 amide bonds. The van der Waals surface area contributed by atoms with Gasteiger partial charge in [-0.3, -0.25) is 9.78 Å². The van der Waals surface area contributed by atoms with Crippen molar-refractivity contribution in [2.45, 2.75) is 0 Å². The van der Waals surface area contributed by atoms with E-state index in [4.69, 9.17) is 0 Å². The lowest BCUT2D eigenvalue weighted by Crippen LogP contribution is -2.24. The first-order valence-corrected chi connectivity index (χ1v) is 6.80. The normalized spacial score (nSPS) is 16.1. The summed E-state index contributed by atoms with van der Waals surface area (Å²) in [4.78, 5) is 20.2. The van der Waals surface area contributed by atoms with Crippen LogP contribution < -0.4 is 5.32 Å². The Balaban J connectivity index is 1.97. The van der Waals surface area contributed by atoms with Gasteiger partial charge in [0.05, 0.1) is 0 Å². The largest absolute Gasteiger partial charge is 0.305 e. The Morgan fingerprint density at radius 1 is 1.10 bits per heavy atom. The fourth-order valence-electron chi connectivity index (χ4n) is 1.85. The Morgan fingerprint density at radius 2 is 1.85 bits per heavy atom. The van der Waals surface area contributed by atoms with Crippen LogP contribution in [0.2, 0.25) is 0 Å². The van der Waals surface area contributed by atoms with Crippen LogP contribution in [0.25, 0.3) is 6.08 Å². The maximum absolute atomic E-state index is 11.9. The molecule has 1 N–H and O–H groups in total. The summed E-state index contributed by atoms with van der Waals surface area (Å²) in [5.41, 5.74) is 2.14. The SMILES string of the molecule is O=C1NC(c2ccncc2)=N/C1=C\c1ccccc1Br. The molecular weight excluding hydrogens is 318 g/mol. The summed E-state index contributed by atoms with van der Waals surface area (Å²) in [6.07, 6.45) is 5.09. The van der Waals surface area contributed by atoms with Crippen LogP contribution in [0.5, 0.6) is 0 Å². The third-order valence-electron chi connectivity index (χ3n) is 2.85. The molecule has 1 aliphatic heterocycles. The Bertz CT molecular complexity index is 723. The number of aromatic nitrogens is 1. The van der Waals surface area contributed by atoms with Crippen molar-refractivity contribution in [1.82, 2.24) is 10.3 Å². The zero-order valence-electron chi connectivity index (χ0n) is 10.4. The number of benzene rings is 1. The van der Waals surface area contributed by atoms with Gasteiger partial charge in [-0.2, -0.15) is 0 Å². The summed E-state index contributed by atoms with van der Waals surface area (Å²) in [5.74, 6) is 0.350. The number of carbonyl (C=O) groups is 1. The molecule has 2 heterocycles. The van der Waals surface area contributed by atoms with E-state index in [0.29, 0.717) is 11.5 Å². The molecule has 0 radical (unpaired) electrons. The Hall–Kier alpha value is -2.27. The third kappa shape index (κ3) is 2.53. The molecule has 1 aromatic heterocycles. The number of amidine groups is 1. The molecule has 20 heavy (non-hydrogen) atoms. The molecule has 0 aliphatic carbocycles. The van der Waals surface area contributed by atoms with Crippen molar-refractivity contribution in [2.24, 2.45) is 4.99 Å². The number of nitrogens with one attached hydrogen (secondary N) is 1. The molecule has 0 fully saturated rings. The predicted octanol–water partition coefficient (Wildman–Crippen LogP) is 2.76. The Morgan fingerprint density at radius 3 is 2.60 bits per heavy atom. The lowest BCUT2D eigenvalue weighted by molar-refractivity contribution is -0.115. The van der Waals surface area contributed by atoms with Gasteiger partial charge in [0.1, 0.15) is 11.5 Å². The number of nitrogens with zero attached hydrogens (tertiary/aromatic N) is 2. The molecular formula is C15H10BrN3O. The summed E-state index contributed by atoms with van der Waals surface area (Å²) in [6.45, 7) is 0. The van der Waals surface area contributed by atoms with E-state index in [1.54, 1.807) is 30.6 Å². The van der Waals surface area contributed by atoms with Gasteiger partial charge in [-0.05, 0) is 29.8 Å². The van der Waals surface area contributed by atoms with Gasteiger partial charge in [0.25, 0.3) is 5.91 Å². The quantitative estimate of drug-likeness (QED) is 0.862. The standard InChI is InChI=1S/C15H10BrN3O/c16-12-4-2-1-3-11(12)9-13-15(20)19-14(18-13)10-5-7-17-8-6-10/h1-9H,(H,18,19,20)/b13-9-. The van der Waals surface area contributed by atoms with E-state index < -0.39 is 0 Å². The number of carbonyl (C=O) groups excluding carboxylic acids is 1. The van der Waals surface area contributed by atoms with Crippen molar-refractivity contribution >= 4 is 33.7 Å². The number of halogens is 1. The van der Waals surface area contributed by atoms with E-state index in [2.05, 4.69) is 31.2 Å². The van der Waals surface area contributed by atoms with Crippen molar-refractivity contribution in [2.75, 3.05) is 0 Å². The van der Waals surface area contributed by atoms with E-state index in [-0.39, 0.29) is 5.91 Å². The van der Waals surface area contributed by atoms with Gasteiger partial charge in [-0.25, -0.2) is 4.99 Å². The van der Waals surface area contributed by atoms with Gasteiger partial charge in [0, 0.05) is 22.4 Å². The number of hydrogen-bond donors (Lipinski definition) is 1. The van der Waals surface area contributed by atoms with Crippen LogP contribution in [0.15, 0.2) is 64.0 Å². The molecule has 0 saturated heterocycles. The van der Waals surface area contributed by atoms with Crippen LogP contribution in [0.4, 0.5) is 0 Å². The smallest absolute Gasteiger partial charge is 0.275 e. The monoisotopic (exact) mass is 327 g/mol. The summed E-state index contributed by atoms with van der Waals surface area (Å²) >= 11 is 3.45. The first-order chi connectivity index (χ1) is 9.74. The summed E-state index contributed by atoms with van der Waals surface area (Å²) in [6, 6.07) is 11.3. The van der Waals surface area contributed by atoms with Crippen LogP contribution in [0, 0.1) is 0 Å². The van der Waals surface area contributed by atoms with E-state index in [1.165, 1.54) is 0 Å². The molecule has 98 valence electrons. The highest BCUT2D eigenvalue weighted by Gasteiger charge is 2.21. The topological polar surface area (TPSA) is 54.4 Å². The molecule has 0 spiro atoms. The third-order valence-corrected chi connectivity index (χ3v) is 3.57.